The van der Waals surface area contributed by atoms with Crippen LogP contribution in [0.4, 0.5) is 5.69 Å². The maximum Gasteiger partial charge on any atom is 0.164 e. The Bertz CT molecular complexity index is 994. The molecular weight excluding hydrogens is 404 g/mol. The third kappa shape index (κ3) is 3.81. The first-order valence-corrected chi connectivity index (χ1v) is 11.7. The molecule has 5 nitrogen and oxygen atoms in total. The van der Waals surface area contributed by atoms with Gasteiger partial charge in [0, 0.05) is 10.8 Å². The van der Waals surface area contributed by atoms with Crippen molar-refractivity contribution >= 4 is 44.1 Å². The lowest BCUT2D eigenvalue weighted by Gasteiger charge is -2.27. The topological polar surface area (TPSA) is 59.0 Å². The molecule has 2 atom stereocenters. The van der Waals surface area contributed by atoms with E-state index in [9.17, 15) is 8.42 Å². The molecule has 0 amide bonds. The molecular formula is C19H19ClN2O3S2. The van der Waals surface area contributed by atoms with Crippen molar-refractivity contribution < 1.29 is 13.2 Å². The molecule has 1 fully saturated rings. The average molecular weight is 423 g/mol. The monoisotopic (exact) mass is 422 g/mol. The van der Waals surface area contributed by atoms with E-state index < -0.39 is 9.84 Å². The van der Waals surface area contributed by atoms with Crippen LogP contribution in [-0.4, -0.2) is 44.3 Å². The first-order valence-electron chi connectivity index (χ1n) is 8.54. The van der Waals surface area contributed by atoms with Crippen molar-refractivity contribution in [2.45, 2.75) is 17.8 Å². The van der Waals surface area contributed by atoms with Gasteiger partial charge in [0.05, 0.1) is 36.4 Å². The van der Waals surface area contributed by atoms with Crippen LogP contribution in [0, 0.1) is 0 Å². The molecule has 0 aromatic heterocycles. The van der Waals surface area contributed by atoms with Gasteiger partial charge in [-0.3, -0.25) is 4.99 Å². The number of methoxy groups -OCH3 is 1. The maximum atomic E-state index is 12.2. The molecule has 142 valence electrons. The van der Waals surface area contributed by atoms with Gasteiger partial charge in [0.2, 0.25) is 0 Å². The van der Waals surface area contributed by atoms with Crippen LogP contribution in [-0.2, 0) is 15.6 Å². The number of nitrogens with zero attached hydrogens (tertiary/aromatic N) is 2. The highest BCUT2D eigenvalue weighted by atomic mass is 35.5. The molecule has 27 heavy (non-hydrogen) atoms. The summed E-state index contributed by atoms with van der Waals surface area (Å²) in [5.74, 6) is 1.63. The molecule has 0 spiro atoms. The lowest BCUT2D eigenvalue weighted by molar-refractivity contribution is 0.415. The summed E-state index contributed by atoms with van der Waals surface area (Å²) in [4.78, 5) is 6.79. The molecule has 4 rings (SSSR count). The first kappa shape index (κ1) is 18.7. The van der Waals surface area contributed by atoms with Gasteiger partial charge in [-0.15, -0.1) is 0 Å². The second-order valence-corrected chi connectivity index (χ2v) is 10.1. The minimum atomic E-state index is -3.08. The normalized spacial score (nSPS) is 23.2. The number of benzene rings is 2. The van der Waals surface area contributed by atoms with Crippen molar-refractivity contribution in [1.82, 2.24) is 0 Å². The highest BCUT2D eigenvalue weighted by molar-refractivity contribution is 8.13. The molecule has 0 N–H and O–H groups in total. The summed E-state index contributed by atoms with van der Waals surface area (Å²) in [6.07, 6.45) is 0. The van der Waals surface area contributed by atoms with Gasteiger partial charge in [-0.2, -0.15) is 0 Å². The fourth-order valence-corrected chi connectivity index (χ4v) is 6.63. The number of hydrogen-bond donors (Lipinski definition) is 0. The van der Waals surface area contributed by atoms with Gasteiger partial charge in [0.25, 0.3) is 0 Å². The fourth-order valence-electron chi connectivity index (χ4n) is 3.52. The number of thioether (sulfide) groups is 1. The Balaban J connectivity index is 1.65. The van der Waals surface area contributed by atoms with Gasteiger partial charge in [-0.05, 0) is 29.8 Å². The summed E-state index contributed by atoms with van der Waals surface area (Å²) >= 11 is 7.67. The first-order chi connectivity index (χ1) is 13.0. The van der Waals surface area contributed by atoms with E-state index in [4.69, 9.17) is 21.3 Å². The van der Waals surface area contributed by atoms with Crippen LogP contribution in [0.15, 0.2) is 53.5 Å². The van der Waals surface area contributed by atoms with E-state index in [1.54, 1.807) is 18.9 Å². The number of para-hydroxylation sites is 2. The number of hydrogen-bond acceptors (Lipinski definition) is 6. The van der Waals surface area contributed by atoms with Crippen molar-refractivity contribution in [2.75, 3.05) is 23.5 Å². The van der Waals surface area contributed by atoms with E-state index in [2.05, 4.69) is 0 Å². The molecule has 2 aliphatic rings. The number of halogens is 1. The van der Waals surface area contributed by atoms with E-state index in [0.717, 1.165) is 16.4 Å². The summed E-state index contributed by atoms with van der Waals surface area (Å²) in [5, 5.41) is 1.52. The lowest BCUT2D eigenvalue weighted by Crippen LogP contribution is -2.39. The molecule has 1 saturated heterocycles. The zero-order valence-corrected chi connectivity index (χ0v) is 17.1. The van der Waals surface area contributed by atoms with E-state index in [1.165, 1.54) is 0 Å². The van der Waals surface area contributed by atoms with Gasteiger partial charge in [0.15, 0.2) is 15.0 Å². The standard InChI is InChI=1S/C19H19ClN2O3S2/c1-25-18-8-3-2-7-16(18)22-17-12-27(23,24)11-15(17)21-19(22)26-10-13-5-4-6-14(20)9-13/h2-9,15,17H,10-12H2,1H3/t15-,17+/m0/s1. The highest BCUT2D eigenvalue weighted by Gasteiger charge is 2.47. The molecule has 8 heteroatoms. The van der Waals surface area contributed by atoms with E-state index >= 15 is 0 Å². The zero-order valence-electron chi connectivity index (χ0n) is 14.7. The van der Waals surface area contributed by atoms with Crippen LogP contribution >= 0.6 is 23.4 Å². The van der Waals surface area contributed by atoms with Gasteiger partial charge >= 0.3 is 0 Å². The van der Waals surface area contributed by atoms with E-state index in [0.29, 0.717) is 16.5 Å². The summed E-state index contributed by atoms with van der Waals surface area (Å²) < 4.78 is 29.8. The number of rotatable bonds is 4. The maximum absolute atomic E-state index is 12.2. The van der Waals surface area contributed by atoms with E-state index in [-0.39, 0.29) is 23.6 Å². The molecule has 2 heterocycles. The van der Waals surface area contributed by atoms with E-state index in [1.807, 2.05) is 53.4 Å². The Hall–Kier alpha value is -1.70. The van der Waals surface area contributed by atoms with Crippen molar-refractivity contribution in [3.63, 3.8) is 0 Å². The lowest BCUT2D eigenvalue weighted by atomic mass is 10.1. The molecule has 0 saturated carbocycles. The van der Waals surface area contributed by atoms with Crippen LogP contribution in [0.1, 0.15) is 5.56 Å². The molecule has 0 unspecified atom stereocenters. The minimum absolute atomic E-state index is 0.102. The van der Waals surface area contributed by atoms with Gasteiger partial charge in [-0.1, -0.05) is 47.6 Å². The van der Waals surface area contributed by atoms with Gasteiger partial charge in [-0.25, -0.2) is 8.42 Å². The number of amidine groups is 1. The van der Waals surface area contributed by atoms with Crippen molar-refractivity contribution in [2.24, 2.45) is 4.99 Å². The third-order valence-electron chi connectivity index (χ3n) is 4.71. The highest BCUT2D eigenvalue weighted by Crippen LogP contribution is 2.39. The second-order valence-electron chi connectivity index (χ2n) is 6.58. The number of aliphatic imine (C=N–C) groups is 1. The fraction of sp³-hybridized carbons (Fsp3) is 0.316. The SMILES string of the molecule is COc1ccccc1N1C(SCc2cccc(Cl)c2)=N[C@H]2CS(=O)(=O)C[C@H]21. The molecule has 0 bridgehead atoms. The van der Waals surface area contributed by atoms with Crippen LogP contribution < -0.4 is 9.64 Å². The van der Waals surface area contributed by atoms with Crippen molar-refractivity contribution in [1.29, 1.82) is 0 Å². The molecule has 0 aliphatic carbocycles. The predicted octanol–water partition coefficient (Wildman–Crippen LogP) is 3.62. The van der Waals surface area contributed by atoms with Gasteiger partial charge in [0.1, 0.15) is 5.75 Å². The van der Waals surface area contributed by atoms with Crippen LogP contribution in [0.3, 0.4) is 0 Å². The second kappa shape index (κ2) is 7.37. The number of fused-ring (bicyclic) bond motifs is 1. The number of sulfone groups is 1. The van der Waals surface area contributed by atoms with Crippen LogP contribution in [0.2, 0.25) is 5.02 Å². The summed E-state index contributed by atoms with van der Waals surface area (Å²) in [6.45, 7) is 0. The predicted molar refractivity (Wildman–Crippen MR) is 112 cm³/mol. The van der Waals surface area contributed by atoms with Gasteiger partial charge < -0.3 is 9.64 Å². The summed E-state index contributed by atoms with van der Waals surface area (Å²) in [5.41, 5.74) is 1.95. The summed E-state index contributed by atoms with van der Waals surface area (Å²) in [7, 11) is -1.46. The largest absolute Gasteiger partial charge is 0.495 e. The Morgan fingerprint density at radius 3 is 2.81 bits per heavy atom. The zero-order chi connectivity index (χ0) is 19.0. The Morgan fingerprint density at radius 1 is 1.22 bits per heavy atom. The molecule has 2 aromatic rings. The van der Waals surface area contributed by atoms with Crippen molar-refractivity contribution in [3.05, 3.63) is 59.1 Å². The van der Waals surface area contributed by atoms with Crippen molar-refractivity contribution in [3.8, 4) is 5.75 Å². The van der Waals surface area contributed by atoms with Crippen LogP contribution in [0.25, 0.3) is 0 Å². The minimum Gasteiger partial charge on any atom is -0.495 e. The quantitative estimate of drug-likeness (QED) is 0.753. The number of ether oxygens (including phenoxy) is 1. The molecule has 2 aliphatic heterocycles. The molecule has 2 aromatic carbocycles. The average Bonchev–Trinajstić information content (AvgIpc) is 3.11. The Labute approximate surface area is 168 Å². The molecule has 0 radical (unpaired) electrons. The number of anilines is 1. The third-order valence-corrected chi connectivity index (χ3v) is 7.68. The Morgan fingerprint density at radius 2 is 2.04 bits per heavy atom. The Kier molecular flexibility index (Phi) is 5.09. The summed E-state index contributed by atoms with van der Waals surface area (Å²) in [6, 6.07) is 15.0. The smallest absolute Gasteiger partial charge is 0.164 e. The van der Waals surface area contributed by atoms with Crippen LogP contribution in [0.5, 0.6) is 5.75 Å².